The van der Waals surface area contributed by atoms with Crippen LogP contribution in [0.15, 0.2) is 18.2 Å². The van der Waals surface area contributed by atoms with Crippen molar-refractivity contribution in [2.45, 2.75) is 71.1 Å². The van der Waals surface area contributed by atoms with Crippen molar-refractivity contribution in [3.8, 4) is 5.75 Å². The van der Waals surface area contributed by atoms with Crippen LogP contribution in [0, 0.1) is 6.92 Å². The first-order valence-electron chi connectivity index (χ1n) is 12.9. The van der Waals surface area contributed by atoms with Crippen molar-refractivity contribution in [3.05, 3.63) is 35.0 Å². The molecule has 3 heterocycles. The summed E-state index contributed by atoms with van der Waals surface area (Å²) in [4.78, 5) is 9.01. The summed E-state index contributed by atoms with van der Waals surface area (Å²) in [6, 6.07) is 6.84. The Bertz CT molecular complexity index is 1140. The molecule has 0 saturated carbocycles. The lowest BCUT2D eigenvalue weighted by Crippen LogP contribution is -2.34. The number of nitrogens with zero attached hydrogens (tertiary/aromatic N) is 4. The molecule has 0 bridgehead atoms. The Hall–Kier alpha value is -2.95. The van der Waals surface area contributed by atoms with E-state index in [1.165, 1.54) is 5.56 Å². The monoisotopic (exact) mass is 497 g/mol. The van der Waals surface area contributed by atoms with Gasteiger partial charge < -0.3 is 30.9 Å². The zero-order valence-electron chi connectivity index (χ0n) is 21.6. The Morgan fingerprint density at radius 3 is 2.78 bits per heavy atom. The first-order valence-corrected chi connectivity index (χ1v) is 12.9. The van der Waals surface area contributed by atoms with Crippen molar-refractivity contribution >= 4 is 22.8 Å². The van der Waals surface area contributed by atoms with E-state index in [0.717, 1.165) is 73.5 Å². The molecule has 0 spiro atoms. The molecule has 3 aromatic rings. The molecule has 10 nitrogen and oxygen atoms in total. The minimum atomic E-state index is 0.0790. The van der Waals surface area contributed by atoms with Crippen LogP contribution in [-0.2, 0) is 17.8 Å². The van der Waals surface area contributed by atoms with Gasteiger partial charge in [-0.3, -0.25) is 4.68 Å². The molecule has 0 radical (unpaired) electrons. The Morgan fingerprint density at radius 1 is 1.25 bits per heavy atom. The molecule has 1 aliphatic heterocycles. The number of nitrogen functional groups attached to an aromatic ring is 1. The number of fused-ring (bicyclic) bond motifs is 1. The lowest BCUT2D eigenvalue weighted by Gasteiger charge is -2.23. The highest BCUT2D eigenvalue weighted by Gasteiger charge is 2.20. The molecule has 10 heteroatoms. The fraction of sp³-hybridized carbons (Fsp3) is 0.577. The van der Waals surface area contributed by atoms with Gasteiger partial charge in [0.2, 0.25) is 5.95 Å². The molecule has 1 aliphatic rings. The SMILES string of the molecule is CCC[C@@H](CCO)Nc1nc(N)nc2c(C)nn(Cc3cc(CNC4CCOCC4)ccc3OC)c12. The Balaban J connectivity index is 1.64. The normalized spacial score (nSPS) is 15.3. The third-order valence-corrected chi connectivity index (χ3v) is 6.71. The maximum absolute atomic E-state index is 9.53. The average Bonchev–Trinajstić information content (AvgIpc) is 3.18. The highest BCUT2D eigenvalue weighted by Crippen LogP contribution is 2.28. The van der Waals surface area contributed by atoms with Gasteiger partial charge >= 0.3 is 0 Å². The number of ether oxygens (including phenoxy) is 2. The molecule has 36 heavy (non-hydrogen) atoms. The first-order chi connectivity index (χ1) is 17.5. The van der Waals surface area contributed by atoms with E-state index in [1.807, 2.05) is 17.7 Å². The van der Waals surface area contributed by atoms with E-state index >= 15 is 0 Å². The Morgan fingerprint density at radius 2 is 2.06 bits per heavy atom. The van der Waals surface area contributed by atoms with Crippen molar-refractivity contribution in [1.82, 2.24) is 25.1 Å². The van der Waals surface area contributed by atoms with Crippen LogP contribution in [0.1, 0.15) is 55.8 Å². The van der Waals surface area contributed by atoms with Crippen molar-refractivity contribution in [3.63, 3.8) is 0 Å². The van der Waals surface area contributed by atoms with Gasteiger partial charge in [0.1, 0.15) is 16.8 Å². The number of aliphatic hydroxyl groups excluding tert-OH is 1. The van der Waals surface area contributed by atoms with Gasteiger partial charge in [0.25, 0.3) is 0 Å². The molecular weight excluding hydrogens is 458 g/mol. The quantitative estimate of drug-likeness (QED) is 0.298. The van der Waals surface area contributed by atoms with Gasteiger partial charge in [0, 0.05) is 44.0 Å². The van der Waals surface area contributed by atoms with Crippen molar-refractivity contribution in [2.75, 3.05) is 38.0 Å². The second-order valence-corrected chi connectivity index (χ2v) is 9.43. The molecule has 0 unspecified atom stereocenters. The van der Waals surface area contributed by atoms with Crippen LogP contribution >= 0.6 is 0 Å². The second kappa shape index (κ2) is 12.3. The number of methoxy groups -OCH3 is 1. The number of benzene rings is 1. The van der Waals surface area contributed by atoms with Gasteiger partial charge in [0.05, 0.1) is 19.3 Å². The third-order valence-electron chi connectivity index (χ3n) is 6.71. The molecule has 1 fully saturated rings. The van der Waals surface area contributed by atoms with Crippen LogP contribution in [0.5, 0.6) is 5.75 Å². The maximum atomic E-state index is 9.53. The summed E-state index contributed by atoms with van der Waals surface area (Å²) in [6.07, 6.45) is 4.61. The van der Waals surface area contributed by atoms with Gasteiger partial charge in [-0.15, -0.1) is 0 Å². The molecule has 1 aromatic carbocycles. The lowest BCUT2D eigenvalue weighted by atomic mass is 10.1. The van der Waals surface area contributed by atoms with E-state index in [-0.39, 0.29) is 18.6 Å². The van der Waals surface area contributed by atoms with Gasteiger partial charge in [-0.2, -0.15) is 10.1 Å². The van der Waals surface area contributed by atoms with Crippen LogP contribution in [0.3, 0.4) is 0 Å². The Labute approximate surface area is 212 Å². The molecule has 196 valence electrons. The minimum Gasteiger partial charge on any atom is -0.496 e. The predicted molar refractivity (Wildman–Crippen MR) is 141 cm³/mol. The van der Waals surface area contributed by atoms with Crippen LogP contribution in [-0.4, -0.2) is 63.9 Å². The summed E-state index contributed by atoms with van der Waals surface area (Å²) in [5.74, 6) is 1.65. The number of nitrogens with two attached hydrogens (primary N) is 1. The van der Waals surface area contributed by atoms with Crippen molar-refractivity contribution < 1.29 is 14.6 Å². The van der Waals surface area contributed by atoms with E-state index in [0.29, 0.717) is 24.8 Å². The lowest BCUT2D eigenvalue weighted by molar-refractivity contribution is 0.0776. The van der Waals surface area contributed by atoms with Crippen molar-refractivity contribution in [1.29, 1.82) is 0 Å². The molecule has 4 rings (SSSR count). The molecule has 2 aromatic heterocycles. The molecule has 5 N–H and O–H groups in total. The molecule has 1 atom stereocenters. The fourth-order valence-corrected chi connectivity index (χ4v) is 4.84. The van der Waals surface area contributed by atoms with Crippen molar-refractivity contribution in [2.24, 2.45) is 0 Å². The van der Waals surface area contributed by atoms with Gasteiger partial charge in [-0.25, -0.2) is 4.98 Å². The largest absolute Gasteiger partial charge is 0.496 e. The smallest absolute Gasteiger partial charge is 0.222 e. The number of anilines is 2. The standard InChI is InChI=1S/C26H39N7O3/c1-4-5-21(8-11-34)29-25-24-23(30-26(27)31-25)17(2)32-33(24)16-19-14-18(6-7-22(19)35-3)15-28-20-9-12-36-13-10-20/h6-7,14,20-21,28,34H,4-5,8-13,15-16H2,1-3H3,(H3,27,29,30,31)/t21-/m0/s1. The molecule has 0 aliphatic carbocycles. The van der Waals surface area contributed by atoms with Crippen LogP contribution in [0.2, 0.25) is 0 Å². The summed E-state index contributed by atoms with van der Waals surface area (Å²) in [5, 5.41) is 21.5. The van der Waals surface area contributed by atoms with Crippen LogP contribution in [0.4, 0.5) is 11.8 Å². The van der Waals surface area contributed by atoms with Crippen LogP contribution < -0.4 is 21.1 Å². The van der Waals surface area contributed by atoms with Gasteiger partial charge in [-0.1, -0.05) is 19.4 Å². The average molecular weight is 498 g/mol. The number of hydrogen-bond acceptors (Lipinski definition) is 9. The second-order valence-electron chi connectivity index (χ2n) is 9.43. The number of rotatable bonds is 12. The van der Waals surface area contributed by atoms with E-state index in [4.69, 9.17) is 20.3 Å². The molecule has 1 saturated heterocycles. The summed E-state index contributed by atoms with van der Waals surface area (Å²) >= 11 is 0. The summed E-state index contributed by atoms with van der Waals surface area (Å²) in [7, 11) is 1.69. The zero-order chi connectivity index (χ0) is 25.5. The summed E-state index contributed by atoms with van der Waals surface area (Å²) in [5.41, 5.74) is 10.6. The van der Waals surface area contributed by atoms with E-state index in [1.54, 1.807) is 7.11 Å². The zero-order valence-corrected chi connectivity index (χ0v) is 21.6. The van der Waals surface area contributed by atoms with E-state index in [9.17, 15) is 5.11 Å². The highest BCUT2D eigenvalue weighted by molar-refractivity contribution is 5.88. The molecular formula is C26H39N7O3. The maximum Gasteiger partial charge on any atom is 0.222 e. The topological polar surface area (TPSA) is 132 Å². The third kappa shape index (κ3) is 6.24. The Kier molecular flexibility index (Phi) is 8.95. The van der Waals surface area contributed by atoms with Gasteiger partial charge in [-0.05, 0) is 50.3 Å². The fourth-order valence-electron chi connectivity index (χ4n) is 4.84. The number of aromatic nitrogens is 4. The van der Waals surface area contributed by atoms with Gasteiger partial charge in [0.15, 0.2) is 5.82 Å². The number of aliphatic hydroxyl groups is 1. The number of aryl methyl sites for hydroxylation is 1. The van der Waals surface area contributed by atoms with E-state index < -0.39 is 0 Å². The highest BCUT2D eigenvalue weighted by atomic mass is 16.5. The number of hydrogen-bond donors (Lipinski definition) is 4. The predicted octanol–water partition coefficient (Wildman–Crippen LogP) is 3.01. The minimum absolute atomic E-state index is 0.0790. The summed E-state index contributed by atoms with van der Waals surface area (Å²) in [6.45, 7) is 7.07. The first kappa shape index (κ1) is 26.1. The summed E-state index contributed by atoms with van der Waals surface area (Å²) < 4.78 is 13.1. The molecule has 0 amide bonds. The number of nitrogens with one attached hydrogen (secondary N) is 2. The van der Waals surface area contributed by atoms with E-state index in [2.05, 4.69) is 39.7 Å². The van der Waals surface area contributed by atoms with Crippen LogP contribution in [0.25, 0.3) is 11.0 Å².